The third-order valence-corrected chi connectivity index (χ3v) is 3.32. The van der Waals surface area contributed by atoms with E-state index in [0.717, 1.165) is 0 Å². The number of rotatable bonds is 2. The second-order valence-corrected chi connectivity index (χ2v) is 6.07. The quantitative estimate of drug-likeness (QED) is 0.863. The molecule has 0 radical (unpaired) electrons. The SMILES string of the molecule is CC(=O)c1c(O)cc(C(C)(C)C)n(-c2ccccc2)c1=O. The maximum Gasteiger partial charge on any atom is 0.269 e. The lowest BCUT2D eigenvalue weighted by Gasteiger charge is -2.25. The van der Waals surface area contributed by atoms with E-state index in [0.29, 0.717) is 11.4 Å². The van der Waals surface area contributed by atoms with Crippen LogP contribution in [0.5, 0.6) is 5.75 Å². The van der Waals surface area contributed by atoms with Gasteiger partial charge in [-0.15, -0.1) is 0 Å². The third-order valence-electron chi connectivity index (χ3n) is 3.32. The normalized spacial score (nSPS) is 11.4. The first-order valence-electron chi connectivity index (χ1n) is 6.79. The van der Waals surface area contributed by atoms with Crippen LogP contribution in [0.4, 0.5) is 0 Å². The van der Waals surface area contributed by atoms with E-state index in [2.05, 4.69) is 0 Å². The first-order valence-corrected chi connectivity index (χ1v) is 6.79. The number of pyridine rings is 1. The zero-order valence-corrected chi connectivity index (χ0v) is 12.7. The van der Waals surface area contributed by atoms with Crippen LogP contribution < -0.4 is 5.56 Å². The van der Waals surface area contributed by atoms with Crippen molar-refractivity contribution in [2.24, 2.45) is 0 Å². The van der Waals surface area contributed by atoms with E-state index in [1.165, 1.54) is 17.6 Å². The number of benzene rings is 1. The molecule has 0 aliphatic carbocycles. The molecule has 1 aromatic heterocycles. The van der Waals surface area contributed by atoms with Gasteiger partial charge in [0.25, 0.3) is 5.56 Å². The Hall–Kier alpha value is -2.36. The Bertz CT molecular complexity index is 737. The molecule has 0 bridgehead atoms. The summed E-state index contributed by atoms with van der Waals surface area (Å²) in [5.74, 6) is -0.702. The fraction of sp³-hybridized carbons (Fsp3) is 0.294. The zero-order chi connectivity index (χ0) is 15.8. The predicted octanol–water partition coefficient (Wildman–Crippen LogP) is 3.04. The summed E-state index contributed by atoms with van der Waals surface area (Å²) in [4.78, 5) is 24.3. The van der Waals surface area contributed by atoms with Crippen molar-refractivity contribution in [3.8, 4) is 11.4 Å². The number of hydrogen-bond acceptors (Lipinski definition) is 3. The van der Waals surface area contributed by atoms with Crippen molar-refractivity contribution >= 4 is 5.78 Å². The second kappa shape index (κ2) is 5.20. The molecular weight excluding hydrogens is 266 g/mol. The summed E-state index contributed by atoms with van der Waals surface area (Å²) >= 11 is 0. The second-order valence-electron chi connectivity index (χ2n) is 6.07. The number of hydrogen-bond donors (Lipinski definition) is 1. The molecule has 0 unspecified atom stereocenters. The standard InChI is InChI=1S/C17H19NO3/c1-11(19)15-13(20)10-14(17(2,3)4)18(16(15)21)12-8-6-5-7-9-12/h5-10,20H,1-4H3. The molecular formula is C17H19NO3. The maximum absolute atomic E-state index is 12.7. The van der Waals surface area contributed by atoms with Gasteiger partial charge in [0.2, 0.25) is 0 Å². The van der Waals surface area contributed by atoms with Gasteiger partial charge in [-0.25, -0.2) is 0 Å². The molecule has 21 heavy (non-hydrogen) atoms. The number of Topliss-reactive ketones (excluding diaryl/α,β-unsaturated/α-hetero) is 1. The van der Waals surface area contributed by atoms with Crippen molar-refractivity contribution in [3.63, 3.8) is 0 Å². The first-order chi connectivity index (χ1) is 9.73. The highest BCUT2D eigenvalue weighted by molar-refractivity contribution is 5.96. The van der Waals surface area contributed by atoms with E-state index in [1.54, 1.807) is 12.1 Å². The van der Waals surface area contributed by atoms with E-state index < -0.39 is 11.3 Å². The van der Waals surface area contributed by atoms with Gasteiger partial charge in [0, 0.05) is 22.9 Å². The molecule has 1 aromatic carbocycles. The minimum Gasteiger partial charge on any atom is -0.507 e. The van der Waals surface area contributed by atoms with Crippen LogP contribution in [0.2, 0.25) is 0 Å². The van der Waals surface area contributed by atoms with E-state index in [-0.39, 0.29) is 16.7 Å². The topological polar surface area (TPSA) is 59.3 Å². The lowest BCUT2D eigenvalue weighted by Crippen LogP contribution is -2.31. The number of aromatic hydroxyl groups is 1. The molecule has 4 heteroatoms. The minimum atomic E-state index is -0.487. The molecule has 0 atom stereocenters. The summed E-state index contributed by atoms with van der Waals surface area (Å²) in [6.07, 6.45) is 0. The van der Waals surface area contributed by atoms with E-state index in [1.807, 2.05) is 39.0 Å². The number of nitrogens with zero attached hydrogens (tertiary/aromatic N) is 1. The number of ketones is 1. The lowest BCUT2D eigenvalue weighted by atomic mass is 9.90. The molecule has 0 fully saturated rings. The highest BCUT2D eigenvalue weighted by Crippen LogP contribution is 2.28. The van der Waals surface area contributed by atoms with E-state index in [9.17, 15) is 14.7 Å². The van der Waals surface area contributed by atoms with Crippen LogP contribution in [0.15, 0.2) is 41.2 Å². The lowest BCUT2D eigenvalue weighted by molar-refractivity contribution is 0.101. The molecule has 110 valence electrons. The Morgan fingerprint density at radius 3 is 2.19 bits per heavy atom. The van der Waals surface area contributed by atoms with Crippen LogP contribution in [-0.4, -0.2) is 15.5 Å². The zero-order valence-electron chi connectivity index (χ0n) is 12.7. The van der Waals surface area contributed by atoms with Gasteiger partial charge in [-0.3, -0.25) is 14.2 Å². The van der Waals surface area contributed by atoms with Crippen LogP contribution in [-0.2, 0) is 5.41 Å². The van der Waals surface area contributed by atoms with E-state index in [4.69, 9.17) is 0 Å². The molecule has 2 aromatic rings. The highest BCUT2D eigenvalue weighted by atomic mass is 16.3. The van der Waals surface area contributed by atoms with Crippen molar-refractivity contribution in [1.82, 2.24) is 4.57 Å². The maximum atomic E-state index is 12.7. The van der Waals surface area contributed by atoms with Crippen LogP contribution in [0.1, 0.15) is 43.7 Å². The summed E-state index contributed by atoms with van der Waals surface area (Å²) in [6.45, 7) is 7.14. The molecule has 1 heterocycles. The molecule has 0 saturated heterocycles. The first kappa shape index (κ1) is 15.0. The highest BCUT2D eigenvalue weighted by Gasteiger charge is 2.25. The third kappa shape index (κ3) is 2.75. The van der Waals surface area contributed by atoms with Crippen LogP contribution >= 0.6 is 0 Å². The Kier molecular flexibility index (Phi) is 3.73. The fourth-order valence-electron chi connectivity index (χ4n) is 2.31. The van der Waals surface area contributed by atoms with Crippen molar-refractivity contribution < 1.29 is 9.90 Å². The monoisotopic (exact) mass is 285 g/mol. The fourth-order valence-corrected chi connectivity index (χ4v) is 2.31. The molecule has 4 nitrogen and oxygen atoms in total. The molecule has 1 N–H and O–H groups in total. The Labute approximate surface area is 123 Å². The van der Waals surface area contributed by atoms with Crippen molar-refractivity contribution in [3.05, 3.63) is 58.0 Å². The summed E-state index contributed by atoms with van der Waals surface area (Å²) in [5, 5.41) is 10.0. The van der Waals surface area contributed by atoms with Crippen LogP contribution in [0, 0.1) is 0 Å². The Morgan fingerprint density at radius 2 is 1.71 bits per heavy atom. The predicted molar refractivity (Wildman–Crippen MR) is 82.4 cm³/mol. The molecule has 0 aliphatic heterocycles. The van der Waals surface area contributed by atoms with Gasteiger partial charge in [-0.1, -0.05) is 39.0 Å². The van der Waals surface area contributed by atoms with Gasteiger partial charge in [0.15, 0.2) is 5.78 Å². The smallest absolute Gasteiger partial charge is 0.269 e. The van der Waals surface area contributed by atoms with Gasteiger partial charge in [0.05, 0.1) is 0 Å². The summed E-state index contributed by atoms with van der Waals surface area (Å²) < 4.78 is 1.50. The van der Waals surface area contributed by atoms with Crippen LogP contribution in [0.25, 0.3) is 5.69 Å². The Balaban J connectivity index is 2.92. The van der Waals surface area contributed by atoms with Crippen molar-refractivity contribution in [2.75, 3.05) is 0 Å². The molecule has 0 saturated carbocycles. The number of carbonyl (C=O) groups is 1. The van der Waals surface area contributed by atoms with Crippen LogP contribution in [0.3, 0.4) is 0 Å². The number of carbonyl (C=O) groups excluding carboxylic acids is 1. The molecule has 0 amide bonds. The van der Waals surface area contributed by atoms with Gasteiger partial charge in [-0.05, 0) is 19.1 Å². The summed E-state index contributed by atoms with van der Waals surface area (Å²) in [7, 11) is 0. The van der Waals surface area contributed by atoms with Crippen molar-refractivity contribution in [1.29, 1.82) is 0 Å². The largest absolute Gasteiger partial charge is 0.507 e. The van der Waals surface area contributed by atoms with E-state index >= 15 is 0 Å². The van der Waals surface area contributed by atoms with Gasteiger partial charge < -0.3 is 5.11 Å². The molecule has 2 rings (SSSR count). The van der Waals surface area contributed by atoms with Gasteiger partial charge >= 0.3 is 0 Å². The minimum absolute atomic E-state index is 0.174. The van der Waals surface area contributed by atoms with Gasteiger partial charge in [-0.2, -0.15) is 0 Å². The number of aromatic nitrogens is 1. The number of para-hydroxylation sites is 1. The average molecular weight is 285 g/mol. The summed E-state index contributed by atoms with van der Waals surface area (Å²) in [6, 6.07) is 10.6. The summed E-state index contributed by atoms with van der Waals surface area (Å²) in [5.41, 5.74) is 0.309. The van der Waals surface area contributed by atoms with Gasteiger partial charge in [0.1, 0.15) is 11.3 Å². The molecule has 0 aliphatic rings. The Morgan fingerprint density at radius 1 is 1.14 bits per heavy atom. The average Bonchev–Trinajstić information content (AvgIpc) is 2.37. The van der Waals surface area contributed by atoms with Crippen molar-refractivity contribution in [2.45, 2.75) is 33.1 Å². The molecule has 0 spiro atoms.